The number of carbonyl (C=O) groups excluding carboxylic acids is 1. The van der Waals surface area contributed by atoms with Crippen molar-refractivity contribution in [3.05, 3.63) is 48.0 Å². The molecule has 7 nitrogen and oxygen atoms in total. The molecule has 0 unspecified atom stereocenters. The van der Waals surface area contributed by atoms with E-state index in [4.69, 9.17) is 9.72 Å². The second-order valence-electron chi connectivity index (χ2n) is 7.78. The Bertz CT molecular complexity index is 1030. The van der Waals surface area contributed by atoms with Gasteiger partial charge in [0, 0.05) is 43.7 Å². The van der Waals surface area contributed by atoms with Crippen LogP contribution < -0.4 is 15.0 Å². The maximum atomic E-state index is 12.4. The highest BCUT2D eigenvalue weighted by Gasteiger charge is 2.24. The first-order valence-electron chi connectivity index (χ1n) is 10.3. The number of pyridine rings is 1. The Labute approximate surface area is 169 Å². The van der Waals surface area contributed by atoms with Gasteiger partial charge in [-0.3, -0.25) is 4.79 Å². The summed E-state index contributed by atoms with van der Waals surface area (Å²) in [6.45, 7) is 2.42. The number of amides is 1. The van der Waals surface area contributed by atoms with E-state index in [1.807, 2.05) is 24.4 Å². The first-order valence-corrected chi connectivity index (χ1v) is 10.3. The predicted octanol–water partition coefficient (Wildman–Crippen LogP) is 2.78. The highest BCUT2D eigenvalue weighted by atomic mass is 16.5. The molecule has 150 valence electrons. The lowest BCUT2D eigenvalue weighted by atomic mass is 9.93. The second-order valence-corrected chi connectivity index (χ2v) is 7.78. The summed E-state index contributed by atoms with van der Waals surface area (Å²) in [7, 11) is 1.67. The predicted molar refractivity (Wildman–Crippen MR) is 112 cm³/mol. The fourth-order valence-electron chi connectivity index (χ4n) is 4.02. The minimum absolute atomic E-state index is 0.0459. The second kappa shape index (κ2) is 7.39. The highest BCUT2D eigenvalue weighted by molar-refractivity contribution is 5.92. The fraction of sp³-hybridized carbons (Fsp3) is 0.409. The Morgan fingerprint density at radius 1 is 1.14 bits per heavy atom. The Balaban J connectivity index is 1.32. The van der Waals surface area contributed by atoms with Crippen molar-refractivity contribution in [1.82, 2.24) is 19.9 Å². The zero-order valence-electron chi connectivity index (χ0n) is 16.6. The van der Waals surface area contributed by atoms with E-state index in [1.165, 1.54) is 6.42 Å². The smallest absolute Gasteiger partial charge is 0.271 e. The van der Waals surface area contributed by atoms with Crippen molar-refractivity contribution < 1.29 is 9.53 Å². The SMILES string of the molecule is COc1cccc2ccc(N3CCc4nc(C(=O)NC5CCC5)cn4CC3)nc12. The Kier molecular flexibility index (Phi) is 4.58. The third-order valence-electron chi connectivity index (χ3n) is 5.96. The molecule has 5 rings (SSSR count). The summed E-state index contributed by atoms with van der Waals surface area (Å²) in [5.74, 6) is 2.64. The molecule has 0 bridgehead atoms. The number of rotatable bonds is 4. The van der Waals surface area contributed by atoms with Crippen LogP contribution in [0.3, 0.4) is 0 Å². The molecule has 0 saturated heterocycles. The Hall–Kier alpha value is -3.09. The number of hydrogen-bond donors (Lipinski definition) is 1. The number of nitrogens with one attached hydrogen (secondary N) is 1. The topological polar surface area (TPSA) is 72.3 Å². The normalized spacial score (nSPS) is 16.8. The number of methoxy groups -OCH3 is 1. The van der Waals surface area contributed by atoms with Crippen LogP contribution in [-0.4, -0.2) is 46.7 Å². The standard InChI is InChI=1S/C22H25N5O2/c1-29-18-7-2-4-15-8-9-19(25-21(15)18)26-11-10-20-24-17(14-27(20)13-12-26)22(28)23-16-5-3-6-16/h2,4,7-9,14,16H,3,5-6,10-13H2,1H3,(H,23,28). The van der Waals surface area contributed by atoms with Crippen LogP contribution in [-0.2, 0) is 13.0 Å². The van der Waals surface area contributed by atoms with Crippen molar-refractivity contribution in [2.24, 2.45) is 0 Å². The molecule has 2 aromatic heterocycles. The minimum atomic E-state index is -0.0459. The fourth-order valence-corrected chi connectivity index (χ4v) is 4.02. The van der Waals surface area contributed by atoms with Gasteiger partial charge in [-0.1, -0.05) is 12.1 Å². The lowest BCUT2D eigenvalue weighted by molar-refractivity contribution is 0.0912. The summed E-state index contributed by atoms with van der Waals surface area (Å²) in [6, 6.07) is 10.4. The van der Waals surface area contributed by atoms with Crippen LogP contribution in [0.2, 0.25) is 0 Å². The lowest BCUT2D eigenvalue weighted by Gasteiger charge is -2.25. The number of benzene rings is 1. The maximum absolute atomic E-state index is 12.4. The summed E-state index contributed by atoms with van der Waals surface area (Å²) in [5.41, 5.74) is 1.42. The van der Waals surface area contributed by atoms with Gasteiger partial charge in [0.1, 0.15) is 28.6 Å². The van der Waals surface area contributed by atoms with Crippen molar-refractivity contribution in [1.29, 1.82) is 0 Å². The van der Waals surface area contributed by atoms with E-state index in [2.05, 4.69) is 31.9 Å². The maximum Gasteiger partial charge on any atom is 0.271 e. The molecule has 0 radical (unpaired) electrons. The number of fused-ring (bicyclic) bond motifs is 2. The van der Waals surface area contributed by atoms with E-state index < -0.39 is 0 Å². The van der Waals surface area contributed by atoms with Crippen LogP contribution in [0.5, 0.6) is 5.75 Å². The number of hydrogen-bond acceptors (Lipinski definition) is 5. The quantitative estimate of drug-likeness (QED) is 0.740. The summed E-state index contributed by atoms with van der Waals surface area (Å²) >= 11 is 0. The van der Waals surface area contributed by atoms with E-state index in [1.54, 1.807) is 7.11 Å². The molecule has 1 saturated carbocycles. The van der Waals surface area contributed by atoms with Crippen LogP contribution in [0.15, 0.2) is 36.5 Å². The number of nitrogens with zero attached hydrogens (tertiary/aromatic N) is 4. The van der Waals surface area contributed by atoms with Gasteiger partial charge in [0.15, 0.2) is 0 Å². The van der Waals surface area contributed by atoms with E-state index in [9.17, 15) is 4.79 Å². The molecule has 2 aliphatic rings. The molecule has 29 heavy (non-hydrogen) atoms. The molecule has 3 aromatic rings. The van der Waals surface area contributed by atoms with Gasteiger partial charge in [0.05, 0.1) is 7.11 Å². The molecule has 1 amide bonds. The zero-order valence-corrected chi connectivity index (χ0v) is 16.6. The number of imidazole rings is 1. The molecule has 3 heterocycles. The molecule has 0 atom stereocenters. The zero-order chi connectivity index (χ0) is 19.8. The third kappa shape index (κ3) is 3.41. The summed E-state index contributed by atoms with van der Waals surface area (Å²) in [5, 5.41) is 4.14. The van der Waals surface area contributed by atoms with E-state index in [0.717, 1.165) is 67.2 Å². The van der Waals surface area contributed by atoms with Crippen LogP contribution in [0, 0.1) is 0 Å². The van der Waals surface area contributed by atoms with Crippen molar-refractivity contribution >= 4 is 22.6 Å². The van der Waals surface area contributed by atoms with E-state index >= 15 is 0 Å². The molecular weight excluding hydrogens is 366 g/mol. The van der Waals surface area contributed by atoms with Gasteiger partial charge in [-0.25, -0.2) is 9.97 Å². The summed E-state index contributed by atoms with van der Waals surface area (Å²) < 4.78 is 7.58. The van der Waals surface area contributed by atoms with Crippen molar-refractivity contribution in [3.8, 4) is 5.75 Å². The molecule has 1 fully saturated rings. The van der Waals surface area contributed by atoms with Gasteiger partial charge in [-0.05, 0) is 37.5 Å². The number of anilines is 1. The number of carbonyl (C=O) groups is 1. The molecule has 7 heteroatoms. The number of ether oxygens (including phenoxy) is 1. The van der Waals surface area contributed by atoms with E-state index in [-0.39, 0.29) is 5.91 Å². The van der Waals surface area contributed by atoms with Crippen LogP contribution in [0.4, 0.5) is 5.82 Å². The van der Waals surface area contributed by atoms with Gasteiger partial charge >= 0.3 is 0 Å². The minimum Gasteiger partial charge on any atom is -0.494 e. The van der Waals surface area contributed by atoms with Gasteiger partial charge in [0.25, 0.3) is 5.91 Å². The first kappa shape index (κ1) is 18.0. The van der Waals surface area contributed by atoms with Crippen LogP contribution in [0.1, 0.15) is 35.6 Å². The molecule has 1 aliphatic carbocycles. The molecule has 1 aliphatic heterocycles. The average molecular weight is 391 g/mol. The van der Waals surface area contributed by atoms with E-state index in [0.29, 0.717) is 11.7 Å². The Morgan fingerprint density at radius 3 is 2.83 bits per heavy atom. The molecule has 1 N–H and O–H groups in total. The number of aromatic nitrogens is 3. The largest absolute Gasteiger partial charge is 0.494 e. The molecule has 0 spiro atoms. The van der Waals surface area contributed by atoms with Gasteiger partial charge in [0.2, 0.25) is 0 Å². The third-order valence-corrected chi connectivity index (χ3v) is 5.96. The van der Waals surface area contributed by atoms with Crippen molar-refractivity contribution in [3.63, 3.8) is 0 Å². The van der Waals surface area contributed by atoms with Gasteiger partial charge in [-0.15, -0.1) is 0 Å². The van der Waals surface area contributed by atoms with Crippen LogP contribution >= 0.6 is 0 Å². The van der Waals surface area contributed by atoms with Gasteiger partial charge in [-0.2, -0.15) is 0 Å². The van der Waals surface area contributed by atoms with Crippen molar-refractivity contribution in [2.75, 3.05) is 25.1 Å². The summed E-state index contributed by atoms with van der Waals surface area (Å²) in [6.07, 6.45) is 6.04. The highest BCUT2D eigenvalue weighted by Crippen LogP contribution is 2.27. The lowest BCUT2D eigenvalue weighted by Crippen LogP contribution is -2.39. The molecule has 1 aromatic carbocycles. The van der Waals surface area contributed by atoms with Crippen molar-refractivity contribution in [2.45, 2.75) is 38.3 Å². The number of para-hydroxylation sites is 1. The molecular formula is C22H25N5O2. The average Bonchev–Trinajstić information content (AvgIpc) is 3.03. The van der Waals surface area contributed by atoms with Crippen LogP contribution in [0.25, 0.3) is 10.9 Å². The monoisotopic (exact) mass is 391 g/mol. The van der Waals surface area contributed by atoms with Gasteiger partial charge < -0.3 is 19.5 Å². The first-order chi connectivity index (χ1) is 14.2. The summed E-state index contributed by atoms with van der Waals surface area (Å²) in [4.78, 5) is 24.1. The Morgan fingerprint density at radius 2 is 2.03 bits per heavy atom.